The van der Waals surface area contributed by atoms with Crippen molar-refractivity contribution >= 4 is 73.7 Å². The summed E-state index contributed by atoms with van der Waals surface area (Å²) in [4.78, 5) is 44.2. The highest BCUT2D eigenvalue weighted by Crippen LogP contribution is 2.37. The third-order valence-corrected chi connectivity index (χ3v) is 18.3. The number of hydrogen-bond acceptors (Lipinski definition) is 14. The van der Waals surface area contributed by atoms with Gasteiger partial charge >= 0.3 is 18.5 Å². The molecule has 0 radical (unpaired) electrons. The fourth-order valence-corrected chi connectivity index (χ4v) is 11.0. The smallest absolute Gasteiger partial charge is 0.399 e. The van der Waals surface area contributed by atoms with Crippen LogP contribution in [0.4, 0.5) is 8.78 Å². The third kappa shape index (κ3) is 12.7. The maximum atomic E-state index is 13.6. The number of rotatable bonds is 14. The van der Waals surface area contributed by atoms with Crippen LogP contribution in [0.5, 0.6) is 0 Å². The number of halogens is 3. The SMILES string of the molecule is CC1(C)OB(c2cnn3cc(F)ccc23)OC1(C)C.C[Si](C)(C)CCOCn1c(=O)n(C2CCOCC2)c2nc(-c3cnn4cc(F)ccc34)ncc21.C[Si](C)(C)CCOCn1c(=O)n(C2CCOCC2)c2nc(Cl)ncc21. The topological polar surface area (TPSA) is 195 Å². The van der Waals surface area contributed by atoms with Crippen molar-refractivity contribution in [1.82, 2.24) is 57.4 Å². The van der Waals surface area contributed by atoms with E-state index in [-0.39, 0.29) is 53.8 Å². The molecule has 0 bridgehead atoms. The predicted molar refractivity (Wildman–Crippen MR) is 300 cm³/mol. The predicted octanol–water partition coefficient (Wildman–Crippen LogP) is 8.39. The molecule has 3 aliphatic rings. The molecule has 11 heterocycles. The summed E-state index contributed by atoms with van der Waals surface area (Å²) in [6.45, 7) is 25.9. The van der Waals surface area contributed by atoms with Crippen LogP contribution in [0.3, 0.4) is 0 Å². The molecule has 11 rings (SSSR count). The highest BCUT2D eigenvalue weighted by molar-refractivity contribution is 6.76. The Bertz CT molecular complexity index is 3510. The largest absolute Gasteiger partial charge is 0.498 e. The lowest BCUT2D eigenvalue weighted by Gasteiger charge is -2.32. The lowest BCUT2D eigenvalue weighted by atomic mass is 9.80. The second kappa shape index (κ2) is 23.3. The van der Waals surface area contributed by atoms with E-state index in [9.17, 15) is 18.4 Å². The Morgan fingerprint density at radius 2 is 1.10 bits per heavy atom. The quantitative estimate of drug-likeness (QED) is 0.0572. The van der Waals surface area contributed by atoms with Crippen molar-refractivity contribution in [1.29, 1.82) is 0 Å². The van der Waals surface area contributed by atoms with Crippen LogP contribution in [-0.2, 0) is 41.7 Å². The normalized spacial score (nSPS) is 17.3. The summed E-state index contributed by atoms with van der Waals surface area (Å²) in [6.07, 6.45) is 12.3. The second-order valence-corrected chi connectivity index (χ2v) is 35.0. The zero-order valence-corrected chi connectivity index (χ0v) is 48.9. The van der Waals surface area contributed by atoms with Gasteiger partial charge in [0.05, 0.1) is 58.8 Å². The number of ether oxygens (including phenoxy) is 4. The molecule has 0 aliphatic carbocycles. The molecule has 0 amide bonds. The average molecular weight is 1130 g/mol. The van der Waals surface area contributed by atoms with E-state index >= 15 is 0 Å². The van der Waals surface area contributed by atoms with Crippen molar-refractivity contribution in [3.05, 3.63) is 99.3 Å². The van der Waals surface area contributed by atoms with Gasteiger partial charge in [-0.3, -0.25) is 18.3 Å². The van der Waals surface area contributed by atoms with E-state index in [4.69, 9.17) is 44.8 Å². The van der Waals surface area contributed by atoms with E-state index in [0.717, 1.165) is 48.8 Å². The zero-order valence-electron chi connectivity index (χ0n) is 46.2. The molecule has 3 aliphatic heterocycles. The lowest BCUT2D eigenvalue weighted by molar-refractivity contribution is 0.00578. The fourth-order valence-electron chi connectivity index (χ4n) is 9.35. The van der Waals surface area contributed by atoms with Crippen LogP contribution in [0.1, 0.15) is 65.5 Å². The zero-order chi connectivity index (χ0) is 55.7. The minimum Gasteiger partial charge on any atom is -0.399 e. The van der Waals surface area contributed by atoms with Crippen LogP contribution in [-0.4, -0.2) is 132 Å². The molecule has 78 heavy (non-hydrogen) atoms. The second-order valence-electron chi connectivity index (χ2n) is 23.4. The summed E-state index contributed by atoms with van der Waals surface area (Å²) in [6, 6.07) is 8.26. The van der Waals surface area contributed by atoms with Gasteiger partial charge in [-0.1, -0.05) is 39.3 Å². The van der Waals surface area contributed by atoms with E-state index in [1.54, 1.807) is 55.2 Å². The average Bonchev–Trinajstić information content (AvgIpc) is 4.29. The van der Waals surface area contributed by atoms with Crippen molar-refractivity contribution in [2.75, 3.05) is 39.6 Å². The highest BCUT2D eigenvalue weighted by atomic mass is 35.5. The molecule has 0 saturated carbocycles. The number of aromatic nitrogens is 12. The van der Waals surface area contributed by atoms with Crippen LogP contribution in [0, 0.1) is 11.6 Å². The van der Waals surface area contributed by atoms with Crippen LogP contribution in [0.15, 0.2) is 71.0 Å². The number of fused-ring (bicyclic) bond motifs is 4. The van der Waals surface area contributed by atoms with E-state index in [2.05, 4.69) is 64.4 Å². The first-order valence-corrected chi connectivity index (χ1v) is 34.3. The van der Waals surface area contributed by atoms with E-state index < -0.39 is 34.5 Å². The molecule has 418 valence electrons. The van der Waals surface area contributed by atoms with Crippen LogP contribution < -0.4 is 16.8 Å². The van der Waals surface area contributed by atoms with Crippen molar-refractivity contribution < 1.29 is 37.0 Å². The number of pyridine rings is 2. The first kappa shape index (κ1) is 57.2. The molecule has 8 aromatic heterocycles. The van der Waals surface area contributed by atoms with Crippen LogP contribution in [0.2, 0.25) is 56.7 Å². The van der Waals surface area contributed by atoms with Gasteiger partial charge in [-0.15, -0.1) is 0 Å². The van der Waals surface area contributed by atoms with Gasteiger partial charge in [0.2, 0.25) is 5.28 Å². The van der Waals surface area contributed by atoms with Gasteiger partial charge in [0, 0.05) is 79.5 Å². The molecule has 26 heteroatoms. The summed E-state index contributed by atoms with van der Waals surface area (Å²) in [5.41, 5.74) is 4.35. The molecule has 8 aromatic rings. The first-order chi connectivity index (χ1) is 37.0. The molecule has 3 fully saturated rings. The minimum atomic E-state index is -1.24. The molecule has 0 N–H and O–H groups in total. The Balaban J connectivity index is 0.000000149. The van der Waals surface area contributed by atoms with Gasteiger partial charge < -0.3 is 28.3 Å². The van der Waals surface area contributed by atoms with Gasteiger partial charge in [0.15, 0.2) is 17.1 Å². The Kier molecular flexibility index (Phi) is 17.1. The Hall–Kier alpha value is -5.51. The monoisotopic (exact) mass is 1130 g/mol. The van der Waals surface area contributed by atoms with Gasteiger partial charge in [-0.25, -0.2) is 42.4 Å². The maximum Gasteiger partial charge on any atom is 0.498 e. The lowest BCUT2D eigenvalue weighted by Crippen LogP contribution is -2.41. The molecule has 20 nitrogen and oxygen atoms in total. The Labute approximate surface area is 458 Å². The number of imidazole rings is 2. The summed E-state index contributed by atoms with van der Waals surface area (Å²) in [5.74, 6) is -0.263. The summed E-state index contributed by atoms with van der Waals surface area (Å²) >= 11 is 5.97. The van der Waals surface area contributed by atoms with E-state index in [0.29, 0.717) is 78.9 Å². The van der Waals surface area contributed by atoms with Gasteiger partial charge in [0.1, 0.15) is 36.1 Å². The van der Waals surface area contributed by atoms with Crippen molar-refractivity contribution in [3.8, 4) is 11.4 Å². The van der Waals surface area contributed by atoms with Gasteiger partial charge in [-0.2, -0.15) is 15.2 Å². The Morgan fingerprint density at radius 3 is 1.62 bits per heavy atom. The number of nitrogens with zero attached hydrogens (tertiary/aromatic N) is 12. The van der Waals surface area contributed by atoms with E-state index in [1.165, 1.54) is 33.6 Å². The highest BCUT2D eigenvalue weighted by Gasteiger charge is 2.52. The maximum absolute atomic E-state index is 13.6. The van der Waals surface area contributed by atoms with Crippen LogP contribution >= 0.6 is 11.6 Å². The molecule has 0 atom stereocenters. The fraction of sp³-hybridized carbons (Fsp3) is 0.538. The number of hydrogen-bond donors (Lipinski definition) is 0. The van der Waals surface area contributed by atoms with Crippen LogP contribution in [0.25, 0.3) is 44.7 Å². The third-order valence-electron chi connectivity index (χ3n) is 14.7. The van der Waals surface area contributed by atoms with Gasteiger partial charge in [-0.05, 0) is 101 Å². The summed E-state index contributed by atoms with van der Waals surface area (Å²) < 4.78 is 71.0. The summed E-state index contributed by atoms with van der Waals surface area (Å²) in [5, 5.41) is 8.51. The Morgan fingerprint density at radius 1 is 0.641 bits per heavy atom. The molecule has 0 unspecified atom stereocenters. The molecule has 0 spiro atoms. The molecule has 0 aromatic carbocycles. The molecular formula is C52H70BClF2N12O8Si2. The first-order valence-electron chi connectivity index (χ1n) is 26.5. The summed E-state index contributed by atoms with van der Waals surface area (Å²) in [7, 11) is -2.88. The van der Waals surface area contributed by atoms with Crippen molar-refractivity contribution in [2.24, 2.45) is 0 Å². The minimum absolute atomic E-state index is 0.00673. The molecule has 3 saturated heterocycles. The van der Waals surface area contributed by atoms with Gasteiger partial charge in [0.25, 0.3) is 0 Å². The van der Waals surface area contributed by atoms with Crippen molar-refractivity contribution in [3.63, 3.8) is 0 Å². The van der Waals surface area contributed by atoms with Crippen molar-refractivity contribution in [2.45, 2.75) is 141 Å². The standard InChI is InChI=1S/C23H29FN6O3Si.C16H25ClN4O3Si.C13H16BFN2O2/c1-34(2,3)11-10-33-15-28-20-13-25-21(18-12-26-29-14-16(24)4-5-19(18)29)27-22(20)30(23(28)31)17-6-8-32-9-7-17;1-25(2,3)9-8-24-11-20-13-10-18-15(17)19-14(13)21(16(20)22)12-4-6-23-7-5-12;1-12(2)13(3,4)19-14(18-12)10-7-16-17-8-9(15)5-6-11(10)17/h4-5,12-14,17H,6-11,15H2,1-3H3;10,12H,4-9,11H2,1-3H3;5-8H,1-4H3. The molecular weight excluding hydrogens is 1060 g/mol. The van der Waals surface area contributed by atoms with E-state index in [1.807, 2.05) is 27.7 Å².